The molecule has 0 radical (unpaired) electrons. The number of carbonyl (C=O) groups excluding carboxylic acids is 1. The molecule has 3 fully saturated rings. The molecule has 0 bridgehead atoms. The zero-order valence-corrected chi connectivity index (χ0v) is 22.7. The van der Waals surface area contributed by atoms with E-state index in [-0.39, 0.29) is 0 Å². The number of rotatable bonds is 8. The summed E-state index contributed by atoms with van der Waals surface area (Å²) in [6.45, 7) is 9.63. The van der Waals surface area contributed by atoms with Crippen LogP contribution in [0.25, 0.3) is 0 Å². The number of piperazine rings is 1. The first kappa shape index (κ1) is 25.6. The fourth-order valence-electron chi connectivity index (χ4n) is 6.65. The predicted octanol–water partition coefficient (Wildman–Crippen LogP) is 4.44. The van der Waals surface area contributed by atoms with Crippen molar-refractivity contribution in [3.05, 3.63) is 47.7 Å². The predicted molar refractivity (Wildman–Crippen MR) is 151 cm³/mol. The van der Waals surface area contributed by atoms with Crippen molar-refractivity contribution in [2.75, 3.05) is 75.4 Å². The molecule has 204 valence electrons. The van der Waals surface area contributed by atoms with Crippen molar-refractivity contribution in [3.63, 3.8) is 0 Å². The Kier molecular flexibility index (Phi) is 8.12. The van der Waals surface area contributed by atoms with E-state index < -0.39 is 0 Å². The zero-order chi connectivity index (χ0) is 25.7. The van der Waals surface area contributed by atoms with E-state index >= 15 is 0 Å². The number of hydrogen-bond acceptors (Lipinski definition) is 7. The largest absolute Gasteiger partial charge is 0.489 e. The summed E-state index contributed by atoms with van der Waals surface area (Å²) >= 11 is 0. The topological polar surface area (TPSA) is 58.1 Å². The molecule has 0 spiro atoms. The van der Waals surface area contributed by atoms with Crippen LogP contribution in [0.1, 0.15) is 54.4 Å². The summed E-state index contributed by atoms with van der Waals surface area (Å²) in [6, 6.07) is 10.3. The SMILES string of the molecule is O=C(CC1CCC(CCN2CCN(c3nccc4c3OCC4)CC2)CC1)c1ccc(N2CCOCC2)cc1. The van der Waals surface area contributed by atoms with Gasteiger partial charge >= 0.3 is 0 Å². The second-order valence-corrected chi connectivity index (χ2v) is 11.5. The second-order valence-electron chi connectivity index (χ2n) is 11.5. The first-order valence-corrected chi connectivity index (χ1v) is 14.8. The summed E-state index contributed by atoms with van der Waals surface area (Å²) in [4.78, 5) is 24.9. The maximum atomic E-state index is 12.9. The molecular formula is C31H42N4O3. The van der Waals surface area contributed by atoms with E-state index in [1.807, 2.05) is 18.3 Å². The maximum Gasteiger partial charge on any atom is 0.171 e. The van der Waals surface area contributed by atoms with Gasteiger partial charge in [-0.1, -0.05) is 12.8 Å². The number of hydrogen-bond donors (Lipinski definition) is 0. The molecule has 4 heterocycles. The van der Waals surface area contributed by atoms with Crippen LogP contribution in [0.4, 0.5) is 11.5 Å². The van der Waals surface area contributed by atoms with Crippen molar-refractivity contribution < 1.29 is 14.3 Å². The van der Waals surface area contributed by atoms with Crippen molar-refractivity contribution in [1.29, 1.82) is 0 Å². The molecule has 6 rings (SSSR count). The van der Waals surface area contributed by atoms with E-state index in [9.17, 15) is 4.79 Å². The minimum absolute atomic E-state index is 0.309. The molecule has 4 aliphatic rings. The van der Waals surface area contributed by atoms with E-state index in [1.54, 1.807) is 0 Å². The molecule has 1 saturated carbocycles. The van der Waals surface area contributed by atoms with E-state index in [2.05, 4.69) is 37.9 Å². The first-order chi connectivity index (χ1) is 18.7. The van der Waals surface area contributed by atoms with E-state index in [1.165, 1.54) is 49.9 Å². The number of fused-ring (bicyclic) bond motifs is 1. The summed E-state index contributed by atoms with van der Waals surface area (Å²) < 4.78 is 11.3. The van der Waals surface area contributed by atoms with Gasteiger partial charge in [0.25, 0.3) is 0 Å². The molecule has 2 aromatic rings. The van der Waals surface area contributed by atoms with Gasteiger partial charge in [0.15, 0.2) is 17.4 Å². The van der Waals surface area contributed by atoms with Crippen LogP contribution in [0.15, 0.2) is 36.5 Å². The van der Waals surface area contributed by atoms with Crippen molar-refractivity contribution in [3.8, 4) is 5.75 Å². The molecule has 0 amide bonds. The third kappa shape index (κ3) is 5.99. The number of aromatic nitrogens is 1. The fourth-order valence-corrected chi connectivity index (χ4v) is 6.65. The van der Waals surface area contributed by atoms with Crippen LogP contribution in [0, 0.1) is 11.8 Å². The molecule has 1 aliphatic carbocycles. The lowest BCUT2D eigenvalue weighted by molar-refractivity contribution is 0.0940. The summed E-state index contributed by atoms with van der Waals surface area (Å²) in [5.41, 5.74) is 3.36. The molecule has 38 heavy (non-hydrogen) atoms. The Morgan fingerprint density at radius 3 is 2.34 bits per heavy atom. The van der Waals surface area contributed by atoms with Gasteiger partial charge in [-0.3, -0.25) is 9.69 Å². The molecule has 0 atom stereocenters. The molecule has 2 saturated heterocycles. The highest BCUT2D eigenvalue weighted by atomic mass is 16.5. The third-order valence-electron chi connectivity index (χ3n) is 9.12. The number of anilines is 2. The van der Waals surface area contributed by atoms with Gasteiger partial charge in [0.1, 0.15) is 0 Å². The normalized spacial score (nSPS) is 24.2. The Morgan fingerprint density at radius 2 is 1.58 bits per heavy atom. The van der Waals surface area contributed by atoms with Crippen molar-refractivity contribution >= 4 is 17.3 Å². The molecule has 7 heteroatoms. The van der Waals surface area contributed by atoms with Crippen LogP contribution in [0.2, 0.25) is 0 Å². The van der Waals surface area contributed by atoms with Gasteiger partial charge in [-0.2, -0.15) is 0 Å². The van der Waals surface area contributed by atoms with Gasteiger partial charge in [-0.05, 0) is 68.0 Å². The molecule has 1 aromatic carbocycles. The van der Waals surface area contributed by atoms with Gasteiger partial charge in [-0.25, -0.2) is 4.98 Å². The van der Waals surface area contributed by atoms with Crippen LogP contribution < -0.4 is 14.5 Å². The Hall–Kier alpha value is -2.64. The summed E-state index contributed by atoms with van der Waals surface area (Å²) in [5, 5.41) is 0. The minimum Gasteiger partial charge on any atom is -0.489 e. The number of morpholine rings is 1. The highest BCUT2D eigenvalue weighted by molar-refractivity contribution is 5.96. The number of nitrogens with zero attached hydrogens (tertiary/aromatic N) is 4. The van der Waals surface area contributed by atoms with Crippen LogP contribution in [-0.2, 0) is 11.2 Å². The lowest BCUT2D eigenvalue weighted by Crippen LogP contribution is -2.47. The second kappa shape index (κ2) is 12.0. The van der Waals surface area contributed by atoms with Crippen molar-refractivity contribution in [1.82, 2.24) is 9.88 Å². The molecule has 3 aliphatic heterocycles. The van der Waals surface area contributed by atoms with Gasteiger partial charge < -0.3 is 19.3 Å². The number of ether oxygens (including phenoxy) is 2. The average molecular weight is 519 g/mol. The van der Waals surface area contributed by atoms with Crippen molar-refractivity contribution in [2.24, 2.45) is 11.8 Å². The van der Waals surface area contributed by atoms with Gasteiger partial charge in [-0.15, -0.1) is 0 Å². The zero-order valence-electron chi connectivity index (χ0n) is 22.7. The molecule has 7 nitrogen and oxygen atoms in total. The summed E-state index contributed by atoms with van der Waals surface area (Å²) in [7, 11) is 0. The summed E-state index contributed by atoms with van der Waals surface area (Å²) in [5.74, 6) is 3.72. The Balaban J connectivity index is 0.898. The van der Waals surface area contributed by atoms with E-state index in [0.29, 0.717) is 18.1 Å². The number of benzene rings is 1. The number of pyridine rings is 1. The quantitative estimate of drug-likeness (QED) is 0.479. The first-order valence-electron chi connectivity index (χ1n) is 14.8. The van der Waals surface area contributed by atoms with Crippen LogP contribution in [-0.4, -0.2) is 81.3 Å². The van der Waals surface area contributed by atoms with E-state index in [4.69, 9.17) is 9.47 Å². The monoisotopic (exact) mass is 518 g/mol. The van der Waals surface area contributed by atoms with Gasteiger partial charge in [0.05, 0.1) is 19.8 Å². The standard InChI is InChI=1S/C31H42N4O3/c36-29(26-5-7-28(8-6-26)34-18-21-37-22-19-34)23-25-3-1-24(2-4-25)10-13-33-14-16-35(17-15-33)31-30-27(9-12-32-31)11-20-38-30/h5-9,12,24-25H,1-4,10-11,13-23H2. The average Bonchev–Trinajstić information content (AvgIpc) is 3.47. The molecule has 0 unspecified atom stereocenters. The Morgan fingerprint density at radius 1 is 0.842 bits per heavy atom. The minimum atomic E-state index is 0.309. The van der Waals surface area contributed by atoms with Crippen LogP contribution in [0.5, 0.6) is 5.75 Å². The fraction of sp³-hybridized carbons (Fsp3) is 0.613. The highest BCUT2D eigenvalue weighted by Gasteiger charge is 2.27. The summed E-state index contributed by atoms with van der Waals surface area (Å²) in [6.07, 6.45) is 9.85. The van der Waals surface area contributed by atoms with Gasteiger partial charge in [0.2, 0.25) is 0 Å². The van der Waals surface area contributed by atoms with Crippen LogP contribution in [0.3, 0.4) is 0 Å². The Labute approximate surface area is 227 Å². The lowest BCUT2D eigenvalue weighted by Gasteiger charge is -2.37. The number of Topliss-reactive ketones (excluding diaryl/α,β-unsaturated/α-hetero) is 1. The molecular weight excluding hydrogens is 476 g/mol. The Bertz CT molecular complexity index is 1070. The lowest BCUT2D eigenvalue weighted by atomic mass is 9.78. The smallest absolute Gasteiger partial charge is 0.171 e. The van der Waals surface area contributed by atoms with Gasteiger partial charge in [0, 0.05) is 75.1 Å². The van der Waals surface area contributed by atoms with E-state index in [0.717, 1.165) is 88.6 Å². The van der Waals surface area contributed by atoms with Crippen molar-refractivity contribution in [2.45, 2.75) is 44.9 Å². The maximum absolute atomic E-state index is 12.9. The van der Waals surface area contributed by atoms with Crippen LogP contribution >= 0.6 is 0 Å². The highest BCUT2D eigenvalue weighted by Crippen LogP contribution is 2.35. The molecule has 0 N–H and O–H groups in total. The number of ketones is 1. The number of carbonyl (C=O) groups is 1. The third-order valence-corrected chi connectivity index (χ3v) is 9.12. The molecule has 1 aromatic heterocycles.